The van der Waals surface area contributed by atoms with Crippen LogP contribution >= 0.6 is 0 Å². The molecule has 6 nitrogen and oxygen atoms in total. The molecule has 1 aliphatic rings. The van der Waals surface area contributed by atoms with E-state index < -0.39 is 6.04 Å². The van der Waals surface area contributed by atoms with Crippen molar-refractivity contribution >= 4 is 29.2 Å². The van der Waals surface area contributed by atoms with E-state index in [0.29, 0.717) is 22.4 Å². The van der Waals surface area contributed by atoms with Crippen molar-refractivity contribution in [3.63, 3.8) is 0 Å². The number of aliphatic hydroxyl groups is 1. The zero-order valence-electron chi connectivity index (χ0n) is 15.0. The Labute approximate surface area is 161 Å². The molecule has 0 spiro atoms. The van der Waals surface area contributed by atoms with Crippen LogP contribution < -0.4 is 10.6 Å². The maximum atomic E-state index is 12.7. The number of nitrogens with one attached hydrogen (secondary N) is 3. The molecular weight excluding hydrogens is 354 g/mol. The van der Waals surface area contributed by atoms with E-state index in [1.807, 2.05) is 42.5 Å². The Morgan fingerprint density at radius 3 is 2.64 bits per heavy atom. The first-order valence-corrected chi connectivity index (χ1v) is 8.93. The van der Waals surface area contributed by atoms with Crippen LogP contribution in [0.25, 0.3) is 11.6 Å². The summed E-state index contributed by atoms with van der Waals surface area (Å²) >= 11 is 0. The van der Waals surface area contributed by atoms with Gasteiger partial charge in [0.1, 0.15) is 0 Å². The van der Waals surface area contributed by atoms with E-state index in [4.69, 9.17) is 0 Å². The molecule has 2 aromatic carbocycles. The van der Waals surface area contributed by atoms with E-state index in [9.17, 15) is 14.7 Å². The molecule has 3 aromatic rings. The van der Waals surface area contributed by atoms with Crippen molar-refractivity contribution in [2.45, 2.75) is 6.04 Å². The molecule has 2 amide bonds. The number of aliphatic hydroxyl groups excluding tert-OH is 1. The van der Waals surface area contributed by atoms with Crippen molar-refractivity contribution in [1.29, 1.82) is 0 Å². The van der Waals surface area contributed by atoms with Gasteiger partial charge in [-0.05, 0) is 42.0 Å². The number of hydrogen-bond acceptors (Lipinski definition) is 3. The van der Waals surface area contributed by atoms with Gasteiger partial charge in [-0.2, -0.15) is 0 Å². The fourth-order valence-corrected chi connectivity index (χ4v) is 3.22. The summed E-state index contributed by atoms with van der Waals surface area (Å²) in [4.78, 5) is 28.1. The van der Waals surface area contributed by atoms with E-state index in [1.165, 1.54) is 0 Å². The van der Waals surface area contributed by atoms with E-state index >= 15 is 0 Å². The zero-order chi connectivity index (χ0) is 19.5. The molecule has 6 heteroatoms. The lowest BCUT2D eigenvalue weighted by Crippen LogP contribution is -2.30. The Balaban J connectivity index is 1.61. The summed E-state index contributed by atoms with van der Waals surface area (Å²) in [6, 6.07) is 17.6. The normalized spacial score (nSPS) is 15.2. The van der Waals surface area contributed by atoms with Gasteiger partial charge in [0, 0.05) is 28.7 Å². The van der Waals surface area contributed by atoms with Crippen LogP contribution in [0.3, 0.4) is 0 Å². The lowest BCUT2D eigenvalue weighted by Gasteiger charge is -2.17. The van der Waals surface area contributed by atoms with Crippen molar-refractivity contribution in [2.75, 3.05) is 11.9 Å². The quantitative estimate of drug-likeness (QED) is 0.518. The number of H-pyrrole nitrogens is 1. The minimum Gasteiger partial charge on any atom is -0.394 e. The van der Waals surface area contributed by atoms with Crippen LogP contribution in [0.1, 0.15) is 33.2 Å². The van der Waals surface area contributed by atoms with Gasteiger partial charge in [0.05, 0.1) is 18.2 Å². The Hall–Kier alpha value is -3.64. The molecule has 0 unspecified atom stereocenters. The third-order valence-corrected chi connectivity index (χ3v) is 4.68. The summed E-state index contributed by atoms with van der Waals surface area (Å²) in [5.74, 6) is -0.524. The minimum atomic E-state index is -0.504. The Morgan fingerprint density at radius 1 is 1.11 bits per heavy atom. The van der Waals surface area contributed by atoms with Crippen LogP contribution in [0.15, 0.2) is 66.9 Å². The number of carbonyl (C=O) groups excluding carboxylic acids is 2. The van der Waals surface area contributed by atoms with E-state index in [0.717, 1.165) is 11.3 Å². The smallest absolute Gasteiger partial charge is 0.256 e. The highest BCUT2D eigenvalue weighted by atomic mass is 16.3. The van der Waals surface area contributed by atoms with Gasteiger partial charge in [0.15, 0.2) is 0 Å². The Morgan fingerprint density at radius 2 is 1.93 bits per heavy atom. The number of amides is 2. The molecule has 140 valence electrons. The second-order valence-corrected chi connectivity index (χ2v) is 6.52. The monoisotopic (exact) mass is 373 g/mol. The molecule has 1 aromatic heterocycles. The van der Waals surface area contributed by atoms with Gasteiger partial charge in [0.25, 0.3) is 11.8 Å². The first-order valence-electron chi connectivity index (χ1n) is 8.93. The second kappa shape index (κ2) is 7.54. The Bertz CT molecular complexity index is 1040. The number of rotatable bonds is 5. The van der Waals surface area contributed by atoms with Crippen LogP contribution in [-0.4, -0.2) is 28.5 Å². The summed E-state index contributed by atoms with van der Waals surface area (Å²) in [5, 5.41) is 15.3. The molecule has 4 N–H and O–H groups in total. The number of aromatic amines is 1. The van der Waals surface area contributed by atoms with Crippen LogP contribution in [0.5, 0.6) is 0 Å². The summed E-state index contributed by atoms with van der Waals surface area (Å²) in [6.07, 6.45) is 3.53. The molecule has 0 radical (unpaired) electrons. The molecule has 1 aliphatic heterocycles. The average molecular weight is 373 g/mol. The number of anilines is 1. The number of carbonyl (C=O) groups is 2. The highest BCUT2D eigenvalue weighted by Crippen LogP contribution is 2.33. The first kappa shape index (κ1) is 17.8. The SMILES string of the molecule is O=C1Nc2ccc(C(=O)N[C@H](CO)c3ccccc3)cc2/C1=C/c1ccc[nH]1. The van der Waals surface area contributed by atoms with Crippen LogP contribution in [0, 0.1) is 0 Å². The van der Waals surface area contributed by atoms with Gasteiger partial charge in [-0.15, -0.1) is 0 Å². The topological polar surface area (TPSA) is 94.2 Å². The molecule has 0 bridgehead atoms. The van der Waals surface area contributed by atoms with E-state index in [-0.39, 0.29) is 18.4 Å². The third-order valence-electron chi connectivity index (χ3n) is 4.68. The number of fused-ring (bicyclic) bond motifs is 1. The fourth-order valence-electron chi connectivity index (χ4n) is 3.22. The van der Waals surface area contributed by atoms with Gasteiger partial charge in [0.2, 0.25) is 0 Å². The van der Waals surface area contributed by atoms with Crippen molar-refractivity contribution in [1.82, 2.24) is 10.3 Å². The second-order valence-electron chi connectivity index (χ2n) is 6.52. The molecule has 0 fully saturated rings. The predicted molar refractivity (Wildman–Crippen MR) is 107 cm³/mol. The highest BCUT2D eigenvalue weighted by Gasteiger charge is 2.26. The maximum absolute atomic E-state index is 12.7. The van der Waals surface area contributed by atoms with E-state index in [2.05, 4.69) is 15.6 Å². The maximum Gasteiger partial charge on any atom is 0.256 e. The summed E-state index contributed by atoms with van der Waals surface area (Å²) < 4.78 is 0. The molecule has 28 heavy (non-hydrogen) atoms. The molecule has 2 heterocycles. The van der Waals surface area contributed by atoms with Gasteiger partial charge < -0.3 is 20.7 Å². The van der Waals surface area contributed by atoms with Crippen molar-refractivity contribution in [3.8, 4) is 0 Å². The minimum absolute atomic E-state index is 0.209. The first-order chi connectivity index (χ1) is 13.7. The van der Waals surface area contributed by atoms with Crippen molar-refractivity contribution < 1.29 is 14.7 Å². The molecule has 4 rings (SSSR count). The lowest BCUT2D eigenvalue weighted by atomic mass is 10.0. The van der Waals surface area contributed by atoms with Crippen LogP contribution in [-0.2, 0) is 4.79 Å². The summed E-state index contributed by atoms with van der Waals surface area (Å²) in [7, 11) is 0. The standard InChI is InChI=1S/C22H19N3O3/c26-13-20(14-5-2-1-3-6-14)25-21(27)15-8-9-19-17(11-15)18(22(28)24-19)12-16-7-4-10-23-16/h1-12,20,23,26H,13H2,(H,24,28)(H,25,27)/b18-12-/t20-/m1/s1. The van der Waals surface area contributed by atoms with Gasteiger partial charge in [-0.25, -0.2) is 0 Å². The molecule has 0 saturated carbocycles. The average Bonchev–Trinajstić information content (AvgIpc) is 3.34. The van der Waals surface area contributed by atoms with Gasteiger partial charge in [-0.3, -0.25) is 9.59 Å². The number of aromatic nitrogens is 1. The van der Waals surface area contributed by atoms with Crippen LogP contribution in [0.2, 0.25) is 0 Å². The Kier molecular flexibility index (Phi) is 4.78. The van der Waals surface area contributed by atoms with Crippen molar-refractivity contribution in [2.24, 2.45) is 0 Å². The molecule has 0 aliphatic carbocycles. The lowest BCUT2D eigenvalue weighted by molar-refractivity contribution is -0.110. The van der Waals surface area contributed by atoms with E-state index in [1.54, 1.807) is 30.5 Å². The zero-order valence-corrected chi connectivity index (χ0v) is 15.0. The van der Waals surface area contributed by atoms with Gasteiger partial charge >= 0.3 is 0 Å². The number of hydrogen-bond donors (Lipinski definition) is 4. The summed E-state index contributed by atoms with van der Waals surface area (Å²) in [6.45, 7) is -0.210. The largest absolute Gasteiger partial charge is 0.394 e. The molecule has 0 saturated heterocycles. The van der Waals surface area contributed by atoms with Crippen molar-refractivity contribution in [3.05, 3.63) is 89.2 Å². The van der Waals surface area contributed by atoms with Gasteiger partial charge in [-0.1, -0.05) is 30.3 Å². The number of benzene rings is 2. The fraction of sp³-hybridized carbons (Fsp3) is 0.0909. The molecular formula is C22H19N3O3. The predicted octanol–water partition coefficient (Wildman–Crippen LogP) is 2.97. The third kappa shape index (κ3) is 3.45. The highest BCUT2D eigenvalue weighted by molar-refractivity contribution is 6.35. The summed E-state index contributed by atoms with van der Waals surface area (Å²) in [5.41, 5.74) is 3.88. The van der Waals surface area contributed by atoms with Crippen LogP contribution in [0.4, 0.5) is 5.69 Å². The molecule has 1 atom stereocenters.